The van der Waals surface area contributed by atoms with E-state index in [0.717, 1.165) is 21.9 Å². The van der Waals surface area contributed by atoms with Crippen LogP contribution in [0.4, 0.5) is 0 Å². The number of nitrogens with one attached hydrogen (secondary N) is 1. The molecule has 19 heavy (non-hydrogen) atoms. The molecule has 106 valence electrons. The number of ether oxygens (including phenoxy) is 1. The van der Waals surface area contributed by atoms with E-state index in [1.165, 1.54) is 0 Å². The van der Waals surface area contributed by atoms with Gasteiger partial charge in [0.25, 0.3) is 0 Å². The quantitative estimate of drug-likeness (QED) is 0.859. The fourth-order valence-electron chi connectivity index (χ4n) is 1.59. The van der Waals surface area contributed by atoms with Crippen molar-refractivity contribution in [2.24, 2.45) is 5.41 Å². The van der Waals surface area contributed by atoms with Gasteiger partial charge in [-0.2, -0.15) is 0 Å². The molecular weight excluding hydrogens is 262 g/mol. The molecule has 0 aliphatic heterocycles. The van der Waals surface area contributed by atoms with E-state index < -0.39 is 0 Å². The van der Waals surface area contributed by atoms with Gasteiger partial charge in [-0.25, -0.2) is 0 Å². The summed E-state index contributed by atoms with van der Waals surface area (Å²) in [5.41, 5.74) is 1.62. The molecule has 1 aromatic rings. The third-order valence-corrected chi connectivity index (χ3v) is 3.34. The van der Waals surface area contributed by atoms with Gasteiger partial charge in [0.2, 0.25) is 5.91 Å². The fourth-order valence-corrected chi connectivity index (χ4v) is 1.70. The van der Waals surface area contributed by atoms with E-state index in [-0.39, 0.29) is 11.3 Å². The van der Waals surface area contributed by atoms with Crippen LogP contribution in [0.1, 0.15) is 31.9 Å². The van der Waals surface area contributed by atoms with Gasteiger partial charge in [0, 0.05) is 10.4 Å². The van der Waals surface area contributed by atoms with Gasteiger partial charge in [-0.05, 0) is 37.1 Å². The maximum absolute atomic E-state index is 11.6. The second kappa shape index (κ2) is 6.29. The van der Waals surface area contributed by atoms with E-state index in [0.29, 0.717) is 13.2 Å². The molecule has 0 unspecified atom stereocenters. The first-order chi connectivity index (χ1) is 8.71. The molecule has 0 heterocycles. The number of benzene rings is 1. The Labute approximate surface area is 120 Å². The van der Waals surface area contributed by atoms with Crippen molar-refractivity contribution in [3.63, 3.8) is 0 Å². The van der Waals surface area contributed by atoms with Crippen LogP contribution in [-0.4, -0.2) is 19.1 Å². The number of hydrogen-bond donors (Lipinski definition) is 1. The lowest BCUT2D eigenvalue weighted by atomic mass is 9.96. The molecule has 4 heteroatoms. The highest BCUT2D eigenvalue weighted by atomic mass is 35.5. The molecule has 0 spiro atoms. The highest BCUT2D eigenvalue weighted by molar-refractivity contribution is 6.32. The standard InChI is InChI=1S/C15H22ClNO2/c1-10-8-12(9-11(2)13(10)16)19-7-6-17-14(18)15(3,4)5/h8-9H,6-7H2,1-5H3,(H,17,18). The zero-order valence-electron chi connectivity index (χ0n) is 12.3. The Morgan fingerprint density at radius 1 is 1.26 bits per heavy atom. The summed E-state index contributed by atoms with van der Waals surface area (Å²) < 4.78 is 5.61. The molecule has 0 bridgehead atoms. The Morgan fingerprint density at radius 2 is 1.79 bits per heavy atom. The van der Waals surface area contributed by atoms with Crippen LogP contribution < -0.4 is 10.1 Å². The molecule has 3 nitrogen and oxygen atoms in total. The molecule has 1 aromatic carbocycles. The van der Waals surface area contributed by atoms with Gasteiger partial charge in [-0.3, -0.25) is 4.79 Å². The minimum atomic E-state index is -0.368. The molecule has 1 rings (SSSR count). The van der Waals surface area contributed by atoms with Gasteiger partial charge in [0.1, 0.15) is 12.4 Å². The highest BCUT2D eigenvalue weighted by Gasteiger charge is 2.20. The van der Waals surface area contributed by atoms with Crippen LogP contribution in [0.15, 0.2) is 12.1 Å². The van der Waals surface area contributed by atoms with Gasteiger partial charge in [-0.15, -0.1) is 0 Å². The zero-order valence-corrected chi connectivity index (χ0v) is 13.0. The second-order valence-corrected chi connectivity index (χ2v) is 6.10. The predicted molar refractivity (Wildman–Crippen MR) is 78.9 cm³/mol. The van der Waals surface area contributed by atoms with Crippen LogP contribution >= 0.6 is 11.6 Å². The molecule has 0 fully saturated rings. The Morgan fingerprint density at radius 3 is 2.26 bits per heavy atom. The third-order valence-electron chi connectivity index (χ3n) is 2.75. The van der Waals surface area contributed by atoms with E-state index in [2.05, 4.69) is 5.32 Å². The van der Waals surface area contributed by atoms with Crippen molar-refractivity contribution in [1.82, 2.24) is 5.32 Å². The summed E-state index contributed by atoms with van der Waals surface area (Å²) in [6.07, 6.45) is 0. The summed E-state index contributed by atoms with van der Waals surface area (Å²) in [5.74, 6) is 0.809. The monoisotopic (exact) mass is 283 g/mol. The molecule has 0 atom stereocenters. The van der Waals surface area contributed by atoms with Crippen molar-refractivity contribution in [2.75, 3.05) is 13.2 Å². The predicted octanol–water partition coefficient (Wildman–Crippen LogP) is 3.50. The van der Waals surface area contributed by atoms with Crippen LogP contribution in [0.25, 0.3) is 0 Å². The van der Waals surface area contributed by atoms with Gasteiger partial charge >= 0.3 is 0 Å². The smallest absolute Gasteiger partial charge is 0.225 e. The van der Waals surface area contributed by atoms with Gasteiger partial charge in [0.05, 0.1) is 6.54 Å². The molecule has 0 saturated carbocycles. The Hall–Kier alpha value is -1.22. The number of amides is 1. The van der Waals surface area contributed by atoms with E-state index >= 15 is 0 Å². The normalized spacial score (nSPS) is 11.3. The summed E-state index contributed by atoms with van der Waals surface area (Å²) in [6, 6.07) is 3.81. The minimum Gasteiger partial charge on any atom is -0.492 e. The van der Waals surface area contributed by atoms with Crippen molar-refractivity contribution >= 4 is 17.5 Å². The summed E-state index contributed by atoms with van der Waals surface area (Å²) in [7, 11) is 0. The number of aryl methyl sites for hydroxylation is 2. The van der Waals surface area contributed by atoms with Crippen molar-refractivity contribution in [3.05, 3.63) is 28.3 Å². The van der Waals surface area contributed by atoms with Crippen molar-refractivity contribution in [2.45, 2.75) is 34.6 Å². The van der Waals surface area contributed by atoms with Gasteiger partial charge < -0.3 is 10.1 Å². The number of carbonyl (C=O) groups is 1. The lowest BCUT2D eigenvalue weighted by molar-refractivity contribution is -0.128. The molecule has 0 aliphatic carbocycles. The molecule has 1 N–H and O–H groups in total. The van der Waals surface area contributed by atoms with Gasteiger partial charge in [-0.1, -0.05) is 32.4 Å². The maximum Gasteiger partial charge on any atom is 0.225 e. The van der Waals surface area contributed by atoms with Crippen LogP contribution in [-0.2, 0) is 4.79 Å². The molecular formula is C15H22ClNO2. The van der Waals surface area contributed by atoms with E-state index in [1.54, 1.807) is 0 Å². The van der Waals surface area contributed by atoms with E-state index in [1.807, 2.05) is 46.8 Å². The zero-order chi connectivity index (χ0) is 14.6. The molecule has 0 aromatic heterocycles. The Kier molecular flexibility index (Phi) is 5.24. The summed E-state index contributed by atoms with van der Waals surface area (Å²) in [5, 5.41) is 3.62. The first kappa shape index (κ1) is 15.8. The van der Waals surface area contributed by atoms with Crippen LogP contribution in [0, 0.1) is 19.3 Å². The van der Waals surface area contributed by atoms with Gasteiger partial charge in [0.15, 0.2) is 0 Å². The number of rotatable bonds is 4. The van der Waals surface area contributed by atoms with Crippen LogP contribution in [0.2, 0.25) is 5.02 Å². The highest BCUT2D eigenvalue weighted by Crippen LogP contribution is 2.25. The number of carbonyl (C=O) groups excluding carboxylic acids is 1. The number of hydrogen-bond acceptors (Lipinski definition) is 2. The average molecular weight is 284 g/mol. The first-order valence-electron chi connectivity index (χ1n) is 6.39. The summed E-state index contributed by atoms with van der Waals surface area (Å²) in [6.45, 7) is 10.5. The third kappa shape index (κ3) is 4.75. The molecule has 0 radical (unpaired) electrons. The topological polar surface area (TPSA) is 38.3 Å². The molecule has 0 saturated heterocycles. The van der Waals surface area contributed by atoms with Crippen molar-refractivity contribution < 1.29 is 9.53 Å². The van der Waals surface area contributed by atoms with Crippen molar-refractivity contribution in [1.29, 1.82) is 0 Å². The average Bonchev–Trinajstić information content (AvgIpc) is 2.30. The Balaban J connectivity index is 2.44. The molecule has 1 amide bonds. The largest absolute Gasteiger partial charge is 0.492 e. The minimum absolute atomic E-state index is 0.0274. The van der Waals surface area contributed by atoms with Crippen LogP contribution in [0.5, 0.6) is 5.75 Å². The number of halogens is 1. The first-order valence-corrected chi connectivity index (χ1v) is 6.77. The van der Waals surface area contributed by atoms with Crippen LogP contribution in [0.3, 0.4) is 0 Å². The Bertz CT molecular complexity index is 441. The van der Waals surface area contributed by atoms with E-state index in [4.69, 9.17) is 16.3 Å². The fraction of sp³-hybridized carbons (Fsp3) is 0.533. The van der Waals surface area contributed by atoms with Crippen molar-refractivity contribution in [3.8, 4) is 5.75 Å². The summed E-state index contributed by atoms with van der Waals surface area (Å²) in [4.78, 5) is 11.6. The lowest BCUT2D eigenvalue weighted by Gasteiger charge is -2.17. The van der Waals surface area contributed by atoms with E-state index in [9.17, 15) is 4.79 Å². The maximum atomic E-state index is 11.6. The lowest BCUT2D eigenvalue weighted by Crippen LogP contribution is -2.37. The second-order valence-electron chi connectivity index (χ2n) is 5.73. The molecule has 0 aliphatic rings. The SMILES string of the molecule is Cc1cc(OCCNC(=O)C(C)(C)C)cc(C)c1Cl. The summed E-state index contributed by atoms with van der Waals surface area (Å²) >= 11 is 6.09.